The van der Waals surface area contributed by atoms with E-state index < -0.39 is 0 Å². The van der Waals surface area contributed by atoms with Crippen LogP contribution in [-0.4, -0.2) is 62.2 Å². The summed E-state index contributed by atoms with van der Waals surface area (Å²) in [4.78, 5) is 33.5. The summed E-state index contributed by atoms with van der Waals surface area (Å²) in [6, 6.07) is 0. The van der Waals surface area contributed by atoms with Crippen molar-refractivity contribution in [2.24, 2.45) is 14.1 Å². The van der Waals surface area contributed by atoms with Gasteiger partial charge in [-0.2, -0.15) is 4.98 Å². The van der Waals surface area contributed by atoms with Crippen LogP contribution in [0.1, 0.15) is 0 Å². The molecule has 2 aromatic heterocycles. The summed E-state index contributed by atoms with van der Waals surface area (Å²) >= 11 is 0. The van der Waals surface area contributed by atoms with Crippen molar-refractivity contribution < 1.29 is 0 Å². The van der Waals surface area contributed by atoms with Crippen molar-refractivity contribution >= 4 is 17.1 Å². The monoisotopic (exact) mass is 293 g/mol. The average molecular weight is 293 g/mol. The van der Waals surface area contributed by atoms with Crippen LogP contribution in [0, 0.1) is 0 Å². The highest BCUT2D eigenvalue weighted by Crippen LogP contribution is 2.10. The van der Waals surface area contributed by atoms with Crippen molar-refractivity contribution in [1.29, 1.82) is 0 Å². The van der Waals surface area contributed by atoms with E-state index in [0.29, 0.717) is 17.1 Å². The van der Waals surface area contributed by atoms with E-state index in [-0.39, 0.29) is 11.2 Å². The minimum absolute atomic E-state index is 0.330. The van der Waals surface area contributed by atoms with Gasteiger partial charge in [-0.1, -0.05) is 0 Å². The molecule has 3 rings (SSSR count). The Kier molecular flexibility index (Phi) is 3.30. The summed E-state index contributed by atoms with van der Waals surface area (Å²) in [7, 11) is 5.14. The third kappa shape index (κ3) is 2.34. The number of H-pyrrole nitrogens is 1. The average Bonchev–Trinajstić information content (AvgIpc) is 2.89. The van der Waals surface area contributed by atoms with E-state index in [2.05, 4.69) is 27.3 Å². The first kappa shape index (κ1) is 13.8. The van der Waals surface area contributed by atoms with Gasteiger partial charge in [-0.05, 0) is 7.05 Å². The zero-order valence-corrected chi connectivity index (χ0v) is 12.4. The quantitative estimate of drug-likeness (QED) is 0.703. The summed E-state index contributed by atoms with van der Waals surface area (Å²) in [5, 5.41) is 2.04. The van der Waals surface area contributed by atoms with Gasteiger partial charge >= 0.3 is 5.69 Å². The Morgan fingerprint density at radius 2 is 1.71 bits per heavy atom. The number of aromatic amines is 1. The van der Waals surface area contributed by atoms with Gasteiger partial charge in [0.05, 0.1) is 0 Å². The van der Waals surface area contributed by atoms with E-state index in [9.17, 15) is 9.59 Å². The molecule has 9 heteroatoms. The van der Waals surface area contributed by atoms with E-state index >= 15 is 0 Å². The summed E-state index contributed by atoms with van der Waals surface area (Å²) in [6.07, 6.45) is 0. The van der Waals surface area contributed by atoms with Gasteiger partial charge in [-0.25, -0.2) is 9.80 Å². The molecule has 0 unspecified atom stereocenters. The van der Waals surface area contributed by atoms with Gasteiger partial charge in [0.2, 0.25) is 5.95 Å². The molecular weight excluding hydrogens is 274 g/mol. The summed E-state index contributed by atoms with van der Waals surface area (Å²) < 4.78 is 2.43. The molecule has 3 heterocycles. The summed E-state index contributed by atoms with van der Waals surface area (Å²) in [6.45, 7) is 3.66. The molecule has 2 N–H and O–H groups in total. The van der Waals surface area contributed by atoms with Crippen LogP contribution >= 0.6 is 0 Å². The number of fused-ring (bicyclic) bond motifs is 1. The minimum Gasteiger partial charge on any atom is -0.317 e. The normalized spacial score (nSPS) is 17.5. The molecule has 1 aliphatic heterocycles. The SMILES string of the molecule is CN1CCN(Nc2nc3c([nH]2)c(=O)n(C)c(=O)n3C)CC1. The van der Waals surface area contributed by atoms with Crippen LogP contribution in [-0.2, 0) is 14.1 Å². The van der Waals surface area contributed by atoms with Gasteiger partial charge in [0.25, 0.3) is 5.56 Å². The Hall–Kier alpha value is -2.13. The number of hydrazine groups is 1. The van der Waals surface area contributed by atoms with Crippen molar-refractivity contribution in [3.8, 4) is 0 Å². The zero-order chi connectivity index (χ0) is 15.1. The predicted octanol–water partition coefficient (Wildman–Crippen LogP) is -1.47. The van der Waals surface area contributed by atoms with Crippen molar-refractivity contribution in [1.82, 2.24) is 29.0 Å². The van der Waals surface area contributed by atoms with Crippen LogP contribution < -0.4 is 16.7 Å². The standard InChI is InChI=1S/C12H19N7O2/c1-16-4-6-19(7-5-16)15-11-13-8-9(14-11)17(2)12(21)18(3)10(8)20/h4-7H2,1-3H3,(H2,13,14,15). The molecule has 1 fully saturated rings. The molecular formula is C12H19N7O2. The van der Waals surface area contributed by atoms with E-state index in [1.165, 1.54) is 11.6 Å². The van der Waals surface area contributed by atoms with E-state index in [0.717, 1.165) is 30.7 Å². The van der Waals surface area contributed by atoms with Gasteiger partial charge in [-0.15, -0.1) is 0 Å². The Morgan fingerprint density at radius 3 is 2.38 bits per heavy atom. The van der Waals surface area contributed by atoms with Crippen LogP contribution in [0.4, 0.5) is 5.95 Å². The molecule has 0 bridgehead atoms. The Bertz CT molecular complexity index is 779. The van der Waals surface area contributed by atoms with E-state index in [1.54, 1.807) is 7.05 Å². The largest absolute Gasteiger partial charge is 0.332 e. The zero-order valence-electron chi connectivity index (χ0n) is 12.4. The lowest BCUT2D eigenvalue weighted by Crippen LogP contribution is -2.47. The highest BCUT2D eigenvalue weighted by atomic mass is 16.2. The van der Waals surface area contributed by atoms with Crippen LogP contribution in [0.5, 0.6) is 0 Å². The van der Waals surface area contributed by atoms with Crippen molar-refractivity contribution in [2.45, 2.75) is 0 Å². The predicted molar refractivity (Wildman–Crippen MR) is 79.3 cm³/mol. The Balaban J connectivity index is 1.95. The van der Waals surface area contributed by atoms with Gasteiger partial charge in [0, 0.05) is 40.3 Å². The maximum absolute atomic E-state index is 12.1. The highest BCUT2D eigenvalue weighted by molar-refractivity contribution is 5.72. The number of hydrogen-bond donors (Lipinski definition) is 2. The fourth-order valence-electron chi connectivity index (χ4n) is 2.45. The molecule has 1 saturated heterocycles. The van der Waals surface area contributed by atoms with Crippen LogP contribution in [0.25, 0.3) is 11.2 Å². The number of aryl methyl sites for hydroxylation is 1. The second-order valence-corrected chi connectivity index (χ2v) is 5.39. The second kappa shape index (κ2) is 5.01. The highest BCUT2D eigenvalue weighted by Gasteiger charge is 2.17. The van der Waals surface area contributed by atoms with E-state index in [4.69, 9.17) is 0 Å². The number of piperazine rings is 1. The lowest BCUT2D eigenvalue weighted by atomic mass is 10.4. The number of hydrogen-bond acceptors (Lipinski definition) is 6. The maximum atomic E-state index is 12.1. The molecule has 0 atom stereocenters. The van der Waals surface area contributed by atoms with Gasteiger partial charge < -0.3 is 9.88 Å². The first-order valence-corrected chi connectivity index (χ1v) is 6.83. The second-order valence-electron chi connectivity index (χ2n) is 5.39. The van der Waals surface area contributed by atoms with Crippen LogP contribution in [0.3, 0.4) is 0 Å². The lowest BCUT2D eigenvalue weighted by molar-refractivity contribution is 0.178. The minimum atomic E-state index is -0.384. The number of rotatable bonds is 2. The molecule has 114 valence electrons. The first-order chi connectivity index (χ1) is 9.97. The van der Waals surface area contributed by atoms with E-state index in [1.807, 2.05) is 5.01 Å². The fraction of sp³-hybridized carbons (Fsp3) is 0.583. The molecule has 21 heavy (non-hydrogen) atoms. The molecule has 0 spiro atoms. The number of nitrogens with one attached hydrogen (secondary N) is 2. The van der Waals surface area contributed by atoms with Gasteiger partial charge in [0.1, 0.15) is 0 Å². The number of aromatic nitrogens is 4. The molecule has 0 radical (unpaired) electrons. The topological polar surface area (TPSA) is 91.2 Å². The number of anilines is 1. The summed E-state index contributed by atoms with van der Waals surface area (Å²) in [5.41, 5.74) is 3.10. The first-order valence-electron chi connectivity index (χ1n) is 6.83. The number of imidazole rings is 1. The molecule has 1 aliphatic rings. The van der Waals surface area contributed by atoms with Gasteiger partial charge in [0.15, 0.2) is 11.2 Å². The third-order valence-electron chi connectivity index (χ3n) is 3.86. The van der Waals surface area contributed by atoms with Crippen molar-refractivity contribution in [3.63, 3.8) is 0 Å². The molecule has 0 amide bonds. The van der Waals surface area contributed by atoms with Gasteiger partial charge in [-0.3, -0.25) is 19.4 Å². The number of nitrogens with zero attached hydrogens (tertiary/aromatic N) is 5. The molecule has 0 aromatic carbocycles. The molecule has 0 aliphatic carbocycles. The molecule has 9 nitrogen and oxygen atoms in total. The summed E-state index contributed by atoms with van der Waals surface area (Å²) in [5.74, 6) is 0.479. The Labute approximate surface area is 120 Å². The molecule has 0 saturated carbocycles. The van der Waals surface area contributed by atoms with Crippen molar-refractivity contribution in [3.05, 3.63) is 20.8 Å². The van der Waals surface area contributed by atoms with Crippen LogP contribution in [0.2, 0.25) is 0 Å². The smallest absolute Gasteiger partial charge is 0.317 e. The lowest BCUT2D eigenvalue weighted by Gasteiger charge is -2.32. The maximum Gasteiger partial charge on any atom is 0.332 e. The van der Waals surface area contributed by atoms with Crippen molar-refractivity contribution in [2.75, 3.05) is 38.7 Å². The fourth-order valence-corrected chi connectivity index (χ4v) is 2.45. The third-order valence-corrected chi connectivity index (χ3v) is 3.86. The van der Waals surface area contributed by atoms with Crippen LogP contribution in [0.15, 0.2) is 9.59 Å². The Morgan fingerprint density at radius 1 is 1.05 bits per heavy atom. The molecule has 2 aromatic rings. The number of likely N-dealkylation sites (N-methyl/N-ethyl adjacent to an activating group) is 1.